The van der Waals surface area contributed by atoms with E-state index in [-0.39, 0.29) is 10.8 Å². The number of hydrogen-bond acceptors (Lipinski definition) is 4. The van der Waals surface area contributed by atoms with Crippen LogP contribution in [0.3, 0.4) is 0 Å². The maximum Gasteiger partial charge on any atom is 0.145 e. The Balaban J connectivity index is 0.978. The van der Waals surface area contributed by atoms with Gasteiger partial charge < -0.3 is 14.6 Å². The zero-order chi connectivity index (χ0) is 57.6. The van der Waals surface area contributed by atoms with Crippen LogP contribution in [0.4, 0.5) is 22.7 Å². The first kappa shape index (κ1) is 52.1. The largest absolute Gasteiger partial charge is 0.455 e. The first-order valence-corrected chi connectivity index (χ1v) is 30.5. The number of nitrogens with zero attached hydrogens (tertiary/aromatic N) is 1. The monoisotopic (exact) mass is 1110 g/mol. The molecule has 1 N–H and O–H groups in total. The Hall–Kier alpha value is -9.74. The molecular weight excluding hydrogens is 1050 g/mol. The SMILES string of the molecule is CC(C)(C)C(/C=C\c1cc2c(c3sc4ccccc4c13)-c1c(cc(N(c3ccc(-c4ccccc4)cc3)c3ccc(C(C)(C)C)cc3)c3c1oc1ccccc13)C21c2ccccc2-c2ccccc21)=C/C=C/Nc1ccc(-c2ccccc2)cc1. The van der Waals surface area contributed by atoms with E-state index in [9.17, 15) is 0 Å². The third-order valence-electron chi connectivity index (χ3n) is 17.7. The summed E-state index contributed by atoms with van der Waals surface area (Å²) in [6.07, 6.45) is 11.2. The van der Waals surface area contributed by atoms with Crippen LogP contribution in [0.25, 0.3) is 92.7 Å². The number of hydrogen-bond donors (Lipinski definition) is 1. The second-order valence-electron chi connectivity index (χ2n) is 24.8. The Bertz CT molecular complexity index is 4790. The highest BCUT2D eigenvalue weighted by molar-refractivity contribution is 7.26. The number of para-hydroxylation sites is 1. The first-order valence-electron chi connectivity index (χ1n) is 29.6. The maximum atomic E-state index is 7.55. The van der Waals surface area contributed by atoms with Gasteiger partial charge in [0, 0.05) is 59.9 Å². The van der Waals surface area contributed by atoms with Crippen LogP contribution in [0.1, 0.15) is 74.9 Å². The Morgan fingerprint density at radius 2 is 1.05 bits per heavy atom. The van der Waals surface area contributed by atoms with Gasteiger partial charge in [-0.1, -0.05) is 242 Å². The third-order valence-corrected chi connectivity index (χ3v) is 18.9. The van der Waals surface area contributed by atoms with Gasteiger partial charge in [0.1, 0.15) is 11.2 Å². The molecule has 2 aliphatic rings. The predicted octanol–water partition coefficient (Wildman–Crippen LogP) is 23.0. The minimum absolute atomic E-state index is 0.0219. The molecule has 0 fully saturated rings. The van der Waals surface area contributed by atoms with Crippen molar-refractivity contribution in [3.63, 3.8) is 0 Å². The third kappa shape index (κ3) is 8.61. The molecular formula is C81H64N2OS. The molecule has 0 saturated carbocycles. The highest BCUT2D eigenvalue weighted by Crippen LogP contribution is 2.67. The molecule has 0 atom stereocenters. The van der Waals surface area contributed by atoms with Crippen molar-refractivity contribution >= 4 is 82.3 Å². The fraction of sp³-hybridized carbons (Fsp3) is 0.111. The number of fused-ring (bicyclic) bond motifs is 18. The molecule has 85 heavy (non-hydrogen) atoms. The average Bonchev–Trinajstić information content (AvgIpc) is 2.51. The van der Waals surface area contributed by atoms with E-state index in [1.165, 1.54) is 98.1 Å². The van der Waals surface area contributed by atoms with E-state index in [1.54, 1.807) is 0 Å². The summed E-state index contributed by atoms with van der Waals surface area (Å²) in [5.41, 5.74) is 23.6. The molecule has 3 nitrogen and oxygen atoms in total. The van der Waals surface area contributed by atoms with E-state index in [0.717, 1.165) is 50.3 Å². The summed E-state index contributed by atoms with van der Waals surface area (Å²) in [6.45, 7) is 13.8. The molecule has 0 bridgehead atoms. The minimum Gasteiger partial charge on any atom is -0.455 e. The van der Waals surface area contributed by atoms with Gasteiger partial charge in [-0.15, -0.1) is 11.3 Å². The lowest BCUT2D eigenvalue weighted by Crippen LogP contribution is -2.26. The van der Waals surface area contributed by atoms with E-state index >= 15 is 0 Å². The van der Waals surface area contributed by atoms with Crippen molar-refractivity contribution in [2.24, 2.45) is 5.41 Å². The highest BCUT2D eigenvalue weighted by Gasteiger charge is 2.54. The van der Waals surface area contributed by atoms with Crippen LogP contribution in [0.2, 0.25) is 0 Å². The lowest BCUT2D eigenvalue weighted by molar-refractivity contribution is 0.517. The topological polar surface area (TPSA) is 28.4 Å². The zero-order valence-electron chi connectivity index (χ0n) is 48.7. The summed E-state index contributed by atoms with van der Waals surface area (Å²) >= 11 is 1.91. The molecule has 2 aliphatic carbocycles. The van der Waals surface area contributed by atoms with Crippen LogP contribution in [0.15, 0.2) is 277 Å². The van der Waals surface area contributed by atoms with Gasteiger partial charge in [0.15, 0.2) is 0 Å². The molecule has 4 heteroatoms. The number of allylic oxidation sites excluding steroid dienone is 4. The number of rotatable bonds is 10. The minimum atomic E-state index is -0.720. The summed E-state index contributed by atoms with van der Waals surface area (Å²) in [6, 6.07) is 89.3. The lowest BCUT2D eigenvalue weighted by atomic mass is 9.70. The van der Waals surface area contributed by atoms with Crippen LogP contribution in [0, 0.1) is 5.41 Å². The first-order chi connectivity index (χ1) is 41.4. The number of anilines is 4. The molecule has 13 aromatic rings. The molecule has 0 unspecified atom stereocenters. The van der Waals surface area contributed by atoms with Gasteiger partial charge in [0.05, 0.1) is 16.5 Å². The van der Waals surface area contributed by atoms with Crippen LogP contribution < -0.4 is 10.2 Å². The van der Waals surface area contributed by atoms with Gasteiger partial charge in [0.25, 0.3) is 0 Å². The Kier molecular flexibility index (Phi) is 12.4. The molecule has 0 aliphatic heterocycles. The molecule has 410 valence electrons. The molecule has 11 aromatic carbocycles. The normalized spacial score (nSPS) is 13.6. The number of nitrogens with one attached hydrogen (secondary N) is 1. The van der Waals surface area contributed by atoms with Crippen molar-refractivity contribution < 1.29 is 4.42 Å². The van der Waals surface area contributed by atoms with Crippen molar-refractivity contribution in [1.82, 2.24) is 0 Å². The zero-order valence-corrected chi connectivity index (χ0v) is 49.6. The second-order valence-corrected chi connectivity index (χ2v) is 25.9. The second kappa shape index (κ2) is 20.3. The quantitative estimate of drug-likeness (QED) is 0.138. The average molecular weight is 1110 g/mol. The van der Waals surface area contributed by atoms with Crippen LogP contribution in [-0.4, -0.2) is 0 Å². The summed E-state index contributed by atoms with van der Waals surface area (Å²) in [7, 11) is 0. The number of thiophene rings is 1. The fourth-order valence-corrected chi connectivity index (χ4v) is 14.8. The van der Waals surface area contributed by atoms with Gasteiger partial charge in [-0.2, -0.15) is 0 Å². The Morgan fingerprint density at radius 1 is 0.506 bits per heavy atom. The molecule has 0 radical (unpaired) electrons. The predicted molar refractivity (Wildman–Crippen MR) is 363 cm³/mol. The van der Waals surface area contributed by atoms with Crippen molar-refractivity contribution in [3.8, 4) is 44.5 Å². The lowest BCUT2D eigenvalue weighted by Gasteiger charge is -2.33. The molecule has 0 saturated heterocycles. The fourth-order valence-electron chi connectivity index (χ4n) is 13.6. The maximum absolute atomic E-state index is 7.55. The van der Waals surface area contributed by atoms with Crippen molar-refractivity contribution in [2.75, 3.05) is 10.2 Å². The number of benzene rings is 11. The summed E-state index contributed by atoms with van der Waals surface area (Å²) < 4.78 is 10.1. The smallest absolute Gasteiger partial charge is 0.145 e. The van der Waals surface area contributed by atoms with Crippen LogP contribution in [0.5, 0.6) is 0 Å². The molecule has 0 amide bonds. The summed E-state index contributed by atoms with van der Waals surface area (Å²) in [5, 5.41) is 8.22. The molecule has 1 spiro atoms. The van der Waals surface area contributed by atoms with Crippen molar-refractivity contribution in [2.45, 2.75) is 52.4 Å². The van der Waals surface area contributed by atoms with E-state index in [1.807, 2.05) is 17.5 Å². The van der Waals surface area contributed by atoms with Crippen molar-refractivity contribution in [1.29, 1.82) is 0 Å². The highest BCUT2D eigenvalue weighted by atomic mass is 32.1. The van der Waals surface area contributed by atoms with Gasteiger partial charge in [0.2, 0.25) is 0 Å². The van der Waals surface area contributed by atoms with E-state index in [4.69, 9.17) is 4.42 Å². The van der Waals surface area contributed by atoms with E-state index in [2.05, 4.69) is 319 Å². The van der Waals surface area contributed by atoms with Crippen molar-refractivity contribution in [3.05, 3.63) is 306 Å². The van der Waals surface area contributed by atoms with E-state index < -0.39 is 5.41 Å². The Labute approximate surface area is 502 Å². The summed E-state index contributed by atoms with van der Waals surface area (Å²) in [4.78, 5) is 2.49. The number of furan rings is 1. The van der Waals surface area contributed by atoms with Gasteiger partial charge in [-0.25, -0.2) is 0 Å². The van der Waals surface area contributed by atoms with Gasteiger partial charge in [-0.05, 0) is 150 Å². The van der Waals surface area contributed by atoms with Crippen LogP contribution in [-0.2, 0) is 10.8 Å². The van der Waals surface area contributed by atoms with Crippen LogP contribution >= 0.6 is 11.3 Å². The van der Waals surface area contributed by atoms with Gasteiger partial charge >= 0.3 is 0 Å². The van der Waals surface area contributed by atoms with E-state index in [0.29, 0.717) is 0 Å². The molecule has 2 aromatic heterocycles. The summed E-state index contributed by atoms with van der Waals surface area (Å²) in [5.74, 6) is 0. The Morgan fingerprint density at radius 3 is 1.68 bits per heavy atom. The standard InChI is InChI=1S/C81H64N2OS/c1-79(2,3)57(26-21-49-82-59-43-36-54(37-44-59)52-22-9-7-10-23-52)40-35-56-50-68-76(78-73(56)65-30-16-20-34-72(65)85-78)75-69(81(68)66-31-17-13-27-62(66)63-28-14-18-32-67(63)81)51-70(74-64-29-15-19-33-71(64)84-77(74)75)83(61-47-41-58(42-48-61)80(4,5)6)60-45-38-55(39-46-60)53-24-11-8-12-25-53/h7-51,82H,1-6H3/b40-35-,49-21+,57-26+. The molecule has 15 rings (SSSR count). The molecule has 2 heterocycles. The van der Waals surface area contributed by atoms with Gasteiger partial charge in [-0.3, -0.25) is 0 Å².